The van der Waals surface area contributed by atoms with Crippen molar-refractivity contribution in [2.75, 3.05) is 13.1 Å². The van der Waals surface area contributed by atoms with Crippen LogP contribution in [-0.2, 0) is 0 Å². The van der Waals surface area contributed by atoms with Crippen LogP contribution in [0.25, 0.3) is 0 Å². The molecule has 0 heterocycles. The number of nitrogens with zero attached hydrogens (tertiary/aromatic N) is 1. The molecule has 0 amide bonds. The highest BCUT2D eigenvalue weighted by Crippen LogP contribution is 2.09. The third-order valence-electron chi connectivity index (χ3n) is 3.31. The zero-order chi connectivity index (χ0) is 11.8. The van der Waals surface area contributed by atoms with Gasteiger partial charge in [-0.25, -0.2) is 0 Å². The molecule has 2 N–H and O–H groups in total. The van der Waals surface area contributed by atoms with Gasteiger partial charge >= 0.3 is 0 Å². The predicted molar refractivity (Wildman–Crippen MR) is 69.0 cm³/mol. The molecule has 0 rings (SSSR count). The number of hydrogen-bond acceptors (Lipinski definition) is 2. The highest BCUT2D eigenvalue weighted by molar-refractivity contribution is 4.74. The summed E-state index contributed by atoms with van der Waals surface area (Å²) < 4.78 is 0. The first-order valence-corrected chi connectivity index (χ1v) is 6.52. The second-order valence-corrected chi connectivity index (χ2v) is 5.01. The third kappa shape index (κ3) is 6.16. The molecule has 2 nitrogen and oxygen atoms in total. The summed E-state index contributed by atoms with van der Waals surface area (Å²) in [7, 11) is 0. The van der Waals surface area contributed by atoms with E-state index in [-0.39, 0.29) is 0 Å². The summed E-state index contributed by atoms with van der Waals surface area (Å²) in [6.45, 7) is 13.5. The lowest BCUT2D eigenvalue weighted by atomic mass is 10.0. The molecule has 2 unspecified atom stereocenters. The molecule has 0 saturated carbocycles. The maximum atomic E-state index is 6.14. The average Bonchev–Trinajstić information content (AvgIpc) is 2.22. The SMILES string of the molecule is CCCCN(CC(N)C(C)C)C(C)CC. The van der Waals surface area contributed by atoms with Crippen molar-refractivity contribution in [1.29, 1.82) is 0 Å². The molecule has 0 aromatic rings. The maximum Gasteiger partial charge on any atom is 0.0191 e. The first kappa shape index (κ1) is 14.9. The van der Waals surface area contributed by atoms with Gasteiger partial charge < -0.3 is 5.73 Å². The van der Waals surface area contributed by atoms with Crippen molar-refractivity contribution >= 4 is 0 Å². The Balaban J connectivity index is 4.11. The van der Waals surface area contributed by atoms with Gasteiger partial charge in [0.15, 0.2) is 0 Å². The molecule has 0 fully saturated rings. The van der Waals surface area contributed by atoms with E-state index in [1.165, 1.54) is 25.8 Å². The number of rotatable bonds is 8. The first-order chi connectivity index (χ1) is 7.02. The fourth-order valence-electron chi connectivity index (χ4n) is 1.59. The van der Waals surface area contributed by atoms with E-state index in [4.69, 9.17) is 5.73 Å². The molecule has 0 radical (unpaired) electrons. The number of nitrogens with two attached hydrogens (primary N) is 1. The molecular weight excluding hydrogens is 184 g/mol. The molecule has 0 aromatic heterocycles. The Kier molecular flexibility index (Phi) is 8.07. The van der Waals surface area contributed by atoms with Crippen molar-refractivity contribution in [3.8, 4) is 0 Å². The molecule has 0 bridgehead atoms. The Hall–Kier alpha value is -0.0800. The largest absolute Gasteiger partial charge is 0.326 e. The monoisotopic (exact) mass is 214 g/mol. The van der Waals surface area contributed by atoms with Crippen LogP contribution in [0, 0.1) is 5.92 Å². The van der Waals surface area contributed by atoms with Crippen LogP contribution < -0.4 is 5.73 Å². The summed E-state index contributed by atoms with van der Waals surface area (Å²) in [4.78, 5) is 2.55. The molecule has 0 spiro atoms. The maximum absolute atomic E-state index is 6.14. The number of unbranched alkanes of at least 4 members (excludes halogenated alkanes) is 1. The molecule has 0 aliphatic heterocycles. The summed E-state index contributed by atoms with van der Waals surface area (Å²) in [6.07, 6.45) is 3.77. The molecule has 0 aliphatic carbocycles. The van der Waals surface area contributed by atoms with Gasteiger partial charge in [0.05, 0.1) is 0 Å². The fraction of sp³-hybridized carbons (Fsp3) is 1.00. The van der Waals surface area contributed by atoms with Gasteiger partial charge in [-0.05, 0) is 32.2 Å². The van der Waals surface area contributed by atoms with Crippen LogP contribution in [0.4, 0.5) is 0 Å². The van der Waals surface area contributed by atoms with E-state index in [1.807, 2.05) is 0 Å². The predicted octanol–water partition coefficient (Wildman–Crippen LogP) is 2.87. The Morgan fingerprint density at radius 1 is 1.13 bits per heavy atom. The summed E-state index contributed by atoms with van der Waals surface area (Å²) in [5.41, 5.74) is 6.14. The van der Waals surface area contributed by atoms with E-state index < -0.39 is 0 Å². The Morgan fingerprint density at radius 3 is 2.13 bits per heavy atom. The van der Waals surface area contributed by atoms with Crippen LogP contribution in [0.3, 0.4) is 0 Å². The third-order valence-corrected chi connectivity index (χ3v) is 3.31. The van der Waals surface area contributed by atoms with Crippen molar-refractivity contribution in [3.05, 3.63) is 0 Å². The van der Waals surface area contributed by atoms with Crippen molar-refractivity contribution in [1.82, 2.24) is 4.90 Å². The normalized spacial score (nSPS) is 16.0. The molecule has 15 heavy (non-hydrogen) atoms. The standard InChI is InChI=1S/C13H30N2/c1-6-8-9-15(12(5)7-2)10-13(14)11(3)4/h11-13H,6-10,14H2,1-5H3. The van der Waals surface area contributed by atoms with Gasteiger partial charge in [0.25, 0.3) is 0 Å². The second kappa shape index (κ2) is 8.12. The van der Waals surface area contributed by atoms with Gasteiger partial charge in [0, 0.05) is 18.6 Å². The molecular formula is C13H30N2. The summed E-state index contributed by atoms with van der Waals surface area (Å²) in [5.74, 6) is 0.582. The van der Waals surface area contributed by atoms with E-state index in [0.29, 0.717) is 18.0 Å². The van der Waals surface area contributed by atoms with Crippen LogP contribution in [-0.4, -0.2) is 30.1 Å². The van der Waals surface area contributed by atoms with Crippen LogP contribution in [0.2, 0.25) is 0 Å². The Bertz CT molecular complexity index is 145. The van der Waals surface area contributed by atoms with Gasteiger partial charge in [0.2, 0.25) is 0 Å². The van der Waals surface area contributed by atoms with Crippen molar-refractivity contribution in [2.24, 2.45) is 11.7 Å². The minimum Gasteiger partial charge on any atom is -0.326 e. The highest BCUT2D eigenvalue weighted by atomic mass is 15.2. The van der Waals surface area contributed by atoms with E-state index in [1.54, 1.807) is 0 Å². The zero-order valence-electron chi connectivity index (χ0n) is 11.3. The molecule has 2 heteroatoms. The van der Waals surface area contributed by atoms with Gasteiger partial charge in [-0.1, -0.05) is 34.1 Å². The van der Waals surface area contributed by atoms with Gasteiger partial charge in [-0.15, -0.1) is 0 Å². The van der Waals surface area contributed by atoms with Crippen molar-refractivity contribution < 1.29 is 0 Å². The highest BCUT2D eigenvalue weighted by Gasteiger charge is 2.16. The van der Waals surface area contributed by atoms with E-state index in [2.05, 4.69) is 39.5 Å². The Labute approximate surface area is 96.2 Å². The summed E-state index contributed by atoms with van der Waals surface area (Å²) in [5, 5.41) is 0. The minimum absolute atomic E-state index is 0.316. The molecule has 0 aromatic carbocycles. The minimum atomic E-state index is 0.316. The average molecular weight is 214 g/mol. The van der Waals surface area contributed by atoms with E-state index in [0.717, 1.165) is 6.54 Å². The smallest absolute Gasteiger partial charge is 0.0191 e. The fourth-order valence-corrected chi connectivity index (χ4v) is 1.59. The molecule has 92 valence electrons. The lowest BCUT2D eigenvalue weighted by Crippen LogP contribution is -2.44. The van der Waals surface area contributed by atoms with Crippen LogP contribution in [0.15, 0.2) is 0 Å². The van der Waals surface area contributed by atoms with Crippen LogP contribution >= 0.6 is 0 Å². The van der Waals surface area contributed by atoms with E-state index in [9.17, 15) is 0 Å². The topological polar surface area (TPSA) is 29.3 Å². The van der Waals surface area contributed by atoms with Gasteiger partial charge in [0.1, 0.15) is 0 Å². The lowest BCUT2D eigenvalue weighted by molar-refractivity contribution is 0.177. The van der Waals surface area contributed by atoms with Gasteiger partial charge in [-0.2, -0.15) is 0 Å². The Morgan fingerprint density at radius 2 is 1.73 bits per heavy atom. The van der Waals surface area contributed by atoms with Crippen molar-refractivity contribution in [2.45, 2.75) is 66.0 Å². The summed E-state index contributed by atoms with van der Waals surface area (Å²) >= 11 is 0. The second-order valence-electron chi connectivity index (χ2n) is 5.01. The number of hydrogen-bond donors (Lipinski definition) is 1. The molecule has 0 saturated heterocycles. The van der Waals surface area contributed by atoms with Crippen molar-refractivity contribution in [3.63, 3.8) is 0 Å². The lowest BCUT2D eigenvalue weighted by Gasteiger charge is -2.32. The van der Waals surface area contributed by atoms with Crippen LogP contribution in [0.5, 0.6) is 0 Å². The quantitative estimate of drug-likeness (QED) is 0.673. The van der Waals surface area contributed by atoms with Crippen LogP contribution in [0.1, 0.15) is 53.9 Å². The molecule has 0 aliphatic rings. The van der Waals surface area contributed by atoms with Gasteiger partial charge in [-0.3, -0.25) is 4.90 Å². The van der Waals surface area contributed by atoms with E-state index >= 15 is 0 Å². The zero-order valence-corrected chi connectivity index (χ0v) is 11.3. The first-order valence-electron chi connectivity index (χ1n) is 6.52. The summed E-state index contributed by atoms with van der Waals surface area (Å²) in [6, 6.07) is 0.984. The molecule has 2 atom stereocenters.